The number of quaternary nitrogens is 1. The molecule has 198 valence electrons. The first-order valence-corrected chi connectivity index (χ1v) is 15.0. The molecule has 8 nitrogen and oxygen atoms in total. The summed E-state index contributed by atoms with van der Waals surface area (Å²) in [7, 11) is 0. The standard InChI is InChI=1S/C28H30N4O4S2/c33-23(18-37-22-8-7-19-4-1-2-5-20(19)16-22)29-24-26(34)31-25(28(35)36)21(17-38-27(24)31)6-3-12-32-13-9-30(10-14-32)11-15-32/h1-8,16,24,27H,9-15,17-18H2,(H-,29,33,35,36)/p+1/b6-3+/t24-,27-/m1/s1. The average molecular weight is 552 g/mol. The van der Waals surface area contributed by atoms with E-state index in [1.807, 2.05) is 42.5 Å². The minimum Gasteiger partial charge on any atom is -0.477 e. The number of piperazine rings is 3. The minimum atomic E-state index is -1.10. The Kier molecular flexibility index (Phi) is 6.98. The zero-order chi connectivity index (χ0) is 26.3. The number of β-lactam (4-membered cyclic amide) rings is 1. The Morgan fingerprint density at radius 2 is 1.84 bits per heavy atom. The molecule has 2 aromatic carbocycles. The number of allylic oxidation sites excluding steroid dienone is 1. The van der Waals surface area contributed by atoms with E-state index in [0.29, 0.717) is 11.3 Å². The molecule has 2 amide bonds. The largest absolute Gasteiger partial charge is 0.477 e. The van der Waals surface area contributed by atoms with Gasteiger partial charge in [0.2, 0.25) is 5.91 Å². The monoisotopic (exact) mass is 551 g/mol. The number of aliphatic carboxylic acids is 1. The number of rotatable bonds is 8. The van der Waals surface area contributed by atoms with Crippen LogP contribution in [-0.4, -0.2) is 106 Å². The van der Waals surface area contributed by atoms with Crippen LogP contribution in [0.2, 0.25) is 0 Å². The second-order valence-electron chi connectivity index (χ2n) is 10.4. The lowest BCUT2D eigenvalue weighted by molar-refractivity contribution is -0.935. The van der Waals surface area contributed by atoms with Crippen molar-refractivity contribution in [3.8, 4) is 0 Å². The summed E-state index contributed by atoms with van der Waals surface area (Å²) in [5.41, 5.74) is 0.715. The zero-order valence-electron chi connectivity index (χ0n) is 21.0. The highest BCUT2D eigenvalue weighted by molar-refractivity contribution is 8.00. The third-order valence-electron chi connectivity index (χ3n) is 8.09. The Balaban J connectivity index is 1.07. The predicted octanol–water partition coefficient (Wildman–Crippen LogP) is 2.37. The number of amides is 2. The maximum absolute atomic E-state index is 13.0. The Morgan fingerprint density at radius 3 is 2.58 bits per heavy atom. The van der Waals surface area contributed by atoms with E-state index in [1.54, 1.807) is 0 Å². The van der Waals surface area contributed by atoms with Gasteiger partial charge in [-0.3, -0.25) is 19.4 Å². The number of hydrogen-bond donors (Lipinski definition) is 2. The average Bonchev–Trinajstić information content (AvgIpc) is 2.95. The fourth-order valence-corrected chi connectivity index (χ4v) is 7.89. The molecule has 0 aromatic heterocycles. The van der Waals surface area contributed by atoms with Crippen LogP contribution in [0, 0.1) is 0 Å². The molecular formula is C28H31N4O4S2+. The number of nitrogens with zero attached hydrogens (tertiary/aromatic N) is 3. The second kappa shape index (κ2) is 10.4. The van der Waals surface area contributed by atoms with Crippen LogP contribution in [0.15, 0.2) is 70.8 Å². The van der Waals surface area contributed by atoms with Crippen LogP contribution in [0.5, 0.6) is 0 Å². The number of carboxylic acid groups (broad SMARTS) is 1. The molecule has 2 N–H and O–H groups in total. The van der Waals surface area contributed by atoms with Crippen molar-refractivity contribution >= 4 is 52.1 Å². The third kappa shape index (κ3) is 4.86. The van der Waals surface area contributed by atoms with Crippen LogP contribution in [0.4, 0.5) is 0 Å². The minimum absolute atomic E-state index is 0.0505. The first-order chi connectivity index (χ1) is 18.4. The number of thioether (sulfide) groups is 2. The molecule has 10 heteroatoms. The van der Waals surface area contributed by atoms with Crippen LogP contribution in [-0.2, 0) is 14.4 Å². The van der Waals surface area contributed by atoms with E-state index in [9.17, 15) is 19.5 Å². The molecule has 7 rings (SSSR count). The van der Waals surface area contributed by atoms with Crippen molar-refractivity contribution in [3.05, 3.63) is 65.9 Å². The topological polar surface area (TPSA) is 90.0 Å². The molecule has 0 unspecified atom stereocenters. The third-order valence-corrected chi connectivity index (χ3v) is 10.4. The Hall–Kier alpha value is -2.79. The van der Waals surface area contributed by atoms with Crippen molar-refractivity contribution in [2.45, 2.75) is 16.3 Å². The van der Waals surface area contributed by atoms with Gasteiger partial charge in [0.05, 0.1) is 31.9 Å². The maximum Gasteiger partial charge on any atom is 0.352 e. The molecule has 4 fully saturated rings. The molecule has 2 atom stereocenters. The molecular weight excluding hydrogens is 520 g/mol. The molecule has 2 bridgehead atoms. The summed E-state index contributed by atoms with van der Waals surface area (Å²) < 4.78 is 1.06. The number of carboxylic acids is 1. The van der Waals surface area contributed by atoms with Gasteiger partial charge < -0.3 is 14.9 Å². The van der Waals surface area contributed by atoms with E-state index in [0.717, 1.165) is 66.0 Å². The maximum atomic E-state index is 13.0. The summed E-state index contributed by atoms with van der Waals surface area (Å²) in [5, 5.41) is 14.7. The molecule has 0 radical (unpaired) electrons. The molecule has 5 aliphatic heterocycles. The number of hydrogen-bond acceptors (Lipinski definition) is 6. The lowest BCUT2D eigenvalue weighted by Crippen LogP contribution is -2.70. The summed E-state index contributed by atoms with van der Waals surface area (Å²) in [4.78, 5) is 42.7. The van der Waals surface area contributed by atoms with Gasteiger partial charge in [-0.1, -0.05) is 36.4 Å². The highest BCUT2D eigenvalue weighted by Crippen LogP contribution is 2.40. The van der Waals surface area contributed by atoms with Crippen molar-refractivity contribution in [1.29, 1.82) is 0 Å². The lowest BCUT2D eigenvalue weighted by atomic mass is 10.0. The van der Waals surface area contributed by atoms with Gasteiger partial charge in [-0.15, -0.1) is 23.5 Å². The molecule has 5 heterocycles. The summed E-state index contributed by atoms with van der Waals surface area (Å²) in [6.07, 6.45) is 3.99. The number of carbonyl (C=O) groups is 3. The predicted molar refractivity (Wildman–Crippen MR) is 150 cm³/mol. The number of benzene rings is 2. The smallest absolute Gasteiger partial charge is 0.352 e. The van der Waals surface area contributed by atoms with E-state index in [1.165, 1.54) is 28.4 Å². The molecule has 5 aliphatic rings. The highest BCUT2D eigenvalue weighted by Gasteiger charge is 2.54. The quantitative estimate of drug-likeness (QED) is 0.296. The van der Waals surface area contributed by atoms with Gasteiger partial charge in [0.1, 0.15) is 17.1 Å². The van der Waals surface area contributed by atoms with Crippen molar-refractivity contribution in [2.24, 2.45) is 0 Å². The molecule has 0 aliphatic carbocycles. The molecule has 0 saturated carbocycles. The van der Waals surface area contributed by atoms with Gasteiger partial charge in [0.25, 0.3) is 5.91 Å². The normalized spacial score (nSPS) is 28.5. The van der Waals surface area contributed by atoms with Gasteiger partial charge in [-0.2, -0.15) is 0 Å². The van der Waals surface area contributed by atoms with Gasteiger partial charge in [-0.25, -0.2) is 4.79 Å². The Bertz CT molecular complexity index is 1340. The summed E-state index contributed by atoms with van der Waals surface area (Å²) in [6, 6.07) is 13.4. The van der Waals surface area contributed by atoms with E-state index < -0.39 is 17.4 Å². The highest BCUT2D eigenvalue weighted by atomic mass is 32.2. The molecule has 4 saturated heterocycles. The van der Waals surface area contributed by atoms with E-state index in [2.05, 4.69) is 22.4 Å². The molecule has 2 aromatic rings. The van der Waals surface area contributed by atoms with Crippen molar-refractivity contribution in [3.63, 3.8) is 0 Å². The SMILES string of the molecule is O=C(CSc1ccc2ccccc2c1)N[C@@H]1C(=O)N2C(C(=O)O)=C(/C=C/C[N+]34CCN(CC3)CC4)CS[C@H]12. The van der Waals surface area contributed by atoms with Gasteiger partial charge >= 0.3 is 5.97 Å². The van der Waals surface area contributed by atoms with E-state index >= 15 is 0 Å². The molecule has 38 heavy (non-hydrogen) atoms. The van der Waals surface area contributed by atoms with Crippen LogP contribution in [0.3, 0.4) is 0 Å². The Morgan fingerprint density at radius 1 is 1.11 bits per heavy atom. The van der Waals surface area contributed by atoms with Crippen molar-refractivity contribution < 1.29 is 24.0 Å². The van der Waals surface area contributed by atoms with Crippen molar-refractivity contribution in [2.75, 3.05) is 57.3 Å². The summed E-state index contributed by atoms with van der Waals surface area (Å²) >= 11 is 2.93. The van der Waals surface area contributed by atoms with Crippen LogP contribution < -0.4 is 5.32 Å². The van der Waals surface area contributed by atoms with E-state index in [4.69, 9.17) is 0 Å². The fourth-order valence-electron chi connectivity index (χ4n) is 5.82. The van der Waals surface area contributed by atoms with E-state index in [-0.39, 0.29) is 23.3 Å². The Labute approximate surface area is 230 Å². The summed E-state index contributed by atoms with van der Waals surface area (Å²) in [6.45, 7) is 7.69. The van der Waals surface area contributed by atoms with Crippen LogP contribution >= 0.6 is 23.5 Å². The van der Waals surface area contributed by atoms with Gasteiger partial charge in [0.15, 0.2) is 0 Å². The summed E-state index contributed by atoms with van der Waals surface area (Å²) in [5.74, 6) is -1.00. The first kappa shape index (κ1) is 25.5. The fraction of sp³-hybridized carbons (Fsp3) is 0.393. The second-order valence-corrected chi connectivity index (χ2v) is 12.5. The van der Waals surface area contributed by atoms with Crippen molar-refractivity contribution in [1.82, 2.24) is 15.1 Å². The van der Waals surface area contributed by atoms with Gasteiger partial charge in [-0.05, 0) is 34.6 Å². The lowest BCUT2D eigenvalue weighted by Gasteiger charge is -2.50. The van der Waals surface area contributed by atoms with Gasteiger partial charge in [0, 0.05) is 30.3 Å². The number of fused-ring (bicyclic) bond motifs is 5. The van der Waals surface area contributed by atoms with Crippen LogP contribution in [0.25, 0.3) is 10.8 Å². The first-order valence-electron chi connectivity index (χ1n) is 13.0. The van der Waals surface area contributed by atoms with Crippen LogP contribution in [0.1, 0.15) is 0 Å². The number of carbonyl (C=O) groups excluding carboxylic acids is 2. The zero-order valence-corrected chi connectivity index (χ0v) is 22.7. The number of nitrogens with one attached hydrogen (secondary N) is 1. The molecule has 0 spiro atoms.